The zero-order valence-corrected chi connectivity index (χ0v) is 24.4. The van der Waals surface area contributed by atoms with Crippen molar-refractivity contribution < 1.29 is 22.7 Å². The van der Waals surface area contributed by atoms with Crippen LogP contribution >= 0.6 is 11.6 Å². The zero-order valence-electron chi connectivity index (χ0n) is 22.8. The van der Waals surface area contributed by atoms with Crippen LogP contribution in [0.1, 0.15) is 18.4 Å². The van der Waals surface area contributed by atoms with Crippen LogP contribution in [0.3, 0.4) is 0 Å². The number of carbonyl (C=O) groups excluding carboxylic acids is 1. The molecular formula is C30H31ClN4O5S. The topological polar surface area (TPSA) is 103 Å². The predicted octanol–water partition coefficient (Wildman–Crippen LogP) is 5.32. The lowest BCUT2D eigenvalue weighted by Gasteiger charge is -2.24. The fourth-order valence-corrected chi connectivity index (χ4v) is 6.19. The number of anilines is 1. The Labute approximate surface area is 244 Å². The molecule has 1 aliphatic heterocycles. The molecule has 41 heavy (non-hydrogen) atoms. The van der Waals surface area contributed by atoms with Crippen LogP contribution < -0.4 is 10.1 Å². The van der Waals surface area contributed by atoms with Gasteiger partial charge < -0.3 is 9.47 Å². The fourth-order valence-electron chi connectivity index (χ4n) is 4.63. The molecule has 11 heteroatoms. The molecule has 1 aliphatic rings. The van der Waals surface area contributed by atoms with Crippen molar-refractivity contribution in [3.05, 3.63) is 89.6 Å². The molecule has 0 radical (unpaired) electrons. The van der Waals surface area contributed by atoms with Gasteiger partial charge in [0.2, 0.25) is 21.9 Å². The summed E-state index contributed by atoms with van der Waals surface area (Å²) >= 11 is 6.07. The maximum absolute atomic E-state index is 13.6. The summed E-state index contributed by atoms with van der Waals surface area (Å²) in [6.07, 6.45) is 3.09. The van der Waals surface area contributed by atoms with Gasteiger partial charge in [0.25, 0.3) is 0 Å². The molecule has 2 heterocycles. The van der Waals surface area contributed by atoms with E-state index in [0.29, 0.717) is 28.8 Å². The van der Waals surface area contributed by atoms with Crippen molar-refractivity contribution in [2.45, 2.75) is 30.8 Å². The van der Waals surface area contributed by atoms with Crippen LogP contribution in [-0.4, -0.2) is 61.1 Å². The third-order valence-corrected chi connectivity index (χ3v) is 8.92. The molecule has 1 atom stereocenters. The standard InChI is InChI=1S/C30H31ClN4O5S/c1-21-8-14-27(15-9-21)41(37,38)34(18-26-7-4-16-40-26)20-29(36)33-30-32-28(22-10-12-23(31)13-11-22)19-35(30)24-5-3-6-25(17-24)39-2/h3,5-6,8-15,17,19,26H,4,7,16,18,20H2,1-2H3,(H,32,33,36). The first-order valence-electron chi connectivity index (χ1n) is 13.2. The number of nitrogens with one attached hydrogen (secondary N) is 1. The van der Waals surface area contributed by atoms with Gasteiger partial charge in [-0.2, -0.15) is 4.31 Å². The number of halogens is 1. The van der Waals surface area contributed by atoms with Crippen LogP contribution in [-0.2, 0) is 19.6 Å². The van der Waals surface area contributed by atoms with Crippen molar-refractivity contribution in [1.82, 2.24) is 13.9 Å². The first kappa shape index (κ1) is 28.8. The third kappa shape index (κ3) is 6.79. The number of hydrogen-bond donors (Lipinski definition) is 1. The molecule has 0 aliphatic carbocycles. The first-order chi connectivity index (χ1) is 19.7. The molecule has 1 fully saturated rings. The monoisotopic (exact) mass is 594 g/mol. The van der Waals surface area contributed by atoms with E-state index in [1.165, 1.54) is 4.31 Å². The average Bonchev–Trinajstić information content (AvgIpc) is 3.63. The highest BCUT2D eigenvalue weighted by Gasteiger charge is 2.31. The molecule has 1 amide bonds. The number of aryl methyl sites for hydroxylation is 1. The van der Waals surface area contributed by atoms with E-state index in [0.717, 1.165) is 24.0 Å². The number of carbonyl (C=O) groups is 1. The van der Waals surface area contributed by atoms with Gasteiger partial charge in [-0.15, -0.1) is 0 Å². The van der Waals surface area contributed by atoms with Crippen LogP contribution in [0, 0.1) is 6.92 Å². The number of sulfonamides is 1. The molecule has 9 nitrogen and oxygen atoms in total. The second-order valence-electron chi connectivity index (χ2n) is 9.82. The van der Waals surface area contributed by atoms with E-state index in [-0.39, 0.29) is 23.5 Å². The molecule has 5 rings (SSSR count). The second-order valence-corrected chi connectivity index (χ2v) is 12.2. The van der Waals surface area contributed by atoms with E-state index in [9.17, 15) is 13.2 Å². The lowest BCUT2D eigenvalue weighted by molar-refractivity contribution is -0.116. The second kappa shape index (κ2) is 12.4. The maximum Gasteiger partial charge on any atom is 0.243 e. The van der Waals surface area contributed by atoms with E-state index in [1.807, 2.05) is 43.3 Å². The summed E-state index contributed by atoms with van der Waals surface area (Å²) < 4.78 is 41.3. The Hall–Kier alpha value is -3.70. The summed E-state index contributed by atoms with van der Waals surface area (Å²) in [5, 5.41) is 3.43. The van der Waals surface area contributed by atoms with Gasteiger partial charge in [-0.1, -0.05) is 47.5 Å². The van der Waals surface area contributed by atoms with Crippen LogP contribution in [0.25, 0.3) is 16.9 Å². The average molecular weight is 595 g/mol. The van der Waals surface area contributed by atoms with Gasteiger partial charge in [-0.05, 0) is 56.2 Å². The lowest BCUT2D eigenvalue weighted by Crippen LogP contribution is -2.42. The fraction of sp³-hybridized carbons (Fsp3) is 0.267. The van der Waals surface area contributed by atoms with Gasteiger partial charge in [-0.3, -0.25) is 14.7 Å². The van der Waals surface area contributed by atoms with Crippen molar-refractivity contribution in [1.29, 1.82) is 0 Å². The number of imidazole rings is 1. The van der Waals surface area contributed by atoms with Crippen molar-refractivity contribution in [3.8, 4) is 22.7 Å². The molecule has 3 aromatic carbocycles. The van der Waals surface area contributed by atoms with E-state index < -0.39 is 22.5 Å². The number of benzene rings is 3. The van der Waals surface area contributed by atoms with Crippen molar-refractivity contribution in [2.24, 2.45) is 0 Å². The molecule has 0 bridgehead atoms. The van der Waals surface area contributed by atoms with Crippen molar-refractivity contribution in [2.75, 3.05) is 32.1 Å². The Morgan fingerprint density at radius 2 is 1.90 bits per heavy atom. The summed E-state index contributed by atoms with van der Waals surface area (Å²) in [5.41, 5.74) is 3.04. The summed E-state index contributed by atoms with van der Waals surface area (Å²) in [7, 11) is -2.39. The minimum Gasteiger partial charge on any atom is -0.497 e. The molecule has 1 aromatic heterocycles. The van der Waals surface area contributed by atoms with E-state index in [1.54, 1.807) is 54.3 Å². The predicted molar refractivity (Wildman–Crippen MR) is 158 cm³/mol. The highest BCUT2D eigenvalue weighted by Crippen LogP contribution is 2.27. The van der Waals surface area contributed by atoms with E-state index in [2.05, 4.69) is 10.3 Å². The molecule has 1 unspecified atom stereocenters. The van der Waals surface area contributed by atoms with Crippen molar-refractivity contribution >= 4 is 33.5 Å². The van der Waals surface area contributed by atoms with Crippen molar-refractivity contribution in [3.63, 3.8) is 0 Å². The molecule has 214 valence electrons. The van der Waals surface area contributed by atoms with E-state index in [4.69, 9.17) is 21.1 Å². The third-order valence-electron chi connectivity index (χ3n) is 6.84. The first-order valence-corrected chi connectivity index (χ1v) is 15.0. The minimum absolute atomic E-state index is 0.0734. The Morgan fingerprint density at radius 3 is 2.59 bits per heavy atom. The van der Waals surface area contributed by atoms with Gasteiger partial charge >= 0.3 is 0 Å². The Morgan fingerprint density at radius 1 is 1.15 bits per heavy atom. The van der Waals surface area contributed by atoms with Crippen LogP contribution in [0.2, 0.25) is 5.02 Å². The summed E-state index contributed by atoms with van der Waals surface area (Å²) in [5.74, 6) is 0.336. The minimum atomic E-state index is -3.97. The quantitative estimate of drug-likeness (QED) is 0.267. The lowest BCUT2D eigenvalue weighted by atomic mass is 10.2. The smallest absolute Gasteiger partial charge is 0.243 e. The number of aromatic nitrogens is 2. The zero-order chi connectivity index (χ0) is 29.0. The summed E-state index contributed by atoms with van der Waals surface area (Å²) in [6.45, 7) is 2.12. The van der Waals surface area contributed by atoms with Crippen LogP contribution in [0.5, 0.6) is 5.75 Å². The van der Waals surface area contributed by atoms with Gasteiger partial charge in [-0.25, -0.2) is 13.4 Å². The van der Waals surface area contributed by atoms with Gasteiger partial charge in [0.1, 0.15) is 5.75 Å². The van der Waals surface area contributed by atoms with Gasteiger partial charge in [0.15, 0.2) is 0 Å². The molecule has 0 spiro atoms. The van der Waals surface area contributed by atoms with Gasteiger partial charge in [0.05, 0.1) is 36.0 Å². The molecule has 0 saturated carbocycles. The van der Waals surface area contributed by atoms with Crippen LogP contribution in [0.15, 0.2) is 83.9 Å². The Kier molecular flexibility index (Phi) is 8.74. The molecular weight excluding hydrogens is 564 g/mol. The number of amides is 1. The Balaban J connectivity index is 1.46. The molecule has 4 aromatic rings. The summed E-state index contributed by atoms with van der Waals surface area (Å²) in [6, 6.07) is 21.1. The van der Waals surface area contributed by atoms with Crippen LogP contribution in [0.4, 0.5) is 5.95 Å². The normalized spacial score (nSPS) is 15.3. The largest absolute Gasteiger partial charge is 0.497 e. The highest BCUT2D eigenvalue weighted by atomic mass is 35.5. The van der Waals surface area contributed by atoms with E-state index >= 15 is 0 Å². The number of nitrogens with zero attached hydrogens (tertiary/aromatic N) is 3. The SMILES string of the molecule is COc1cccc(-n2cc(-c3ccc(Cl)cc3)nc2NC(=O)CN(CC2CCCO2)S(=O)(=O)c2ccc(C)cc2)c1. The number of ether oxygens (including phenoxy) is 2. The number of methoxy groups -OCH3 is 1. The molecule has 1 N–H and O–H groups in total. The number of hydrogen-bond acceptors (Lipinski definition) is 6. The summed E-state index contributed by atoms with van der Waals surface area (Å²) in [4.78, 5) is 18.3. The van der Waals surface area contributed by atoms with Gasteiger partial charge in [0, 0.05) is 36.0 Å². The highest BCUT2D eigenvalue weighted by molar-refractivity contribution is 7.89. The molecule has 1 saturated heterocycles. The maximum atomic E-state index is 13.6. The Bertz CT molecular complexity index is 1620. The number of rotatable bonds is 10.